The lowest BCUT2D eigenvalue weighted by atomic mass is 10.1. The van der Waals surface area contributed by atoms with Crippen LogP contribution in [0.5, 0.6) is 11.5 Å². The Morgan fingerprint density at radius 1 is 1.35 bits per heavy atom. The van der Waals surface area contributed by atoms with Crippen molar-refractivity contribution in [2.75, 3.05) is 34.4 Å². The molecule has 0 saturated carbocycles. The second-order valence-electron chi connectivity index (χ2n) is 5.62. The molecule has 1 unspecified atom stereocenters. The molecule has 1 atom stereocenters. The van der Waals surface area contributed by atoms with E-state index in [4.69, 9.17) is 9.47 Å². The first-order valence-corrected chi connectivity index (χ1v) is 7.84. The standard InChI is InChI=1S/C17H26N2O3.ClH/c1-18-12-14-5-4-10-19(14)17(20)9-6-13-11-15(21-2)7-8-16(13)22-3;/h7-8,11,14,18H,4-6,9-10,12H2,1-3H3;1H. The lowest BCUT2D eigenvalue weighted by Crippen LogP contribution is -2.40. The number of likely N-dealkylation sites (tertiary alicyclic amines) is 1. The zero-order valence-electron chi connectivity index (χ0n) is 14.1. The van der Waals surface area contributed by atoms with Crippen LogP contribution in [-0.2, 0) is 11.2 Å². The number of carbonyl (C=O) groups excluding carboxylic acids is 1. The maximum atomic E-state index is 12.5. The van der Waals surface area contributed by atoms with Gasteiger partial charge in [-0.1, -0.05) is 0 Å². The lowest BCUT2D eigenvalue weighted by molar-refractivity contribution is -0.131. The van der Waals surface area contributed by atoms with Crippen LogP contribution in [0.15, 0.2) is 18.2 Å². The molecule has 1 aromatic rings. The van der Waals surface area contributed by atoms with Crippen LogP contribution in [-0.4, -0.2) is 51.2 Å². The summed E-state index contributed by atoms with van der Waals surface area (Å²) in [6.07, 6.45) is 3.36. The second kappa shape index (κ2) is 9.63. The van der Waals surface area contributed by atoms with Crippen molar-refractivity contribution in [2.45, 2.75) is 31.7 Å². The fourth-order valence-corrected chi connectivity index (χ4v) is 3.07. The molecule has 1 saturated heterocycles. The number of carbonyl (C=O) groups is 1. The fourth-order valence-electron chi connectivity index (χ4n) is 3.07. The van der Waals surface area contributed by atoms with E-state index in [1.807, 2.05) is 30.1 Å². The van der Waals surface area contributed by atoms with Crippen LogP contribution in [0.1, 0.15) is 24.8 Å². The molecular formula is C17H27ClN2O3. The van der Waals surface area contributed by atoms with Crippen molar-refractivity contribution in [1.82, 2.24) is 10.2 Å². The fraction of sp³-hybridized carbons (Fsp3) is 0.588. The largest absolute Gasteiger partial charge is 0.497 e. The van der Waals surface area contributed by atoms with E-state index in [0.717, 1.165) is 43.0 Å². The predicted octanol–water partition coefficient (Wildman–Crippen LogP) is 2.27. The Morgan fingerprint density at radius 2 is 2.13 bits per heavy atom. The molecule has 0 aromatic heterocycles. The van der Waals surface area contributed by atoms with Crippen LogP contribution in [0.4, 0.5) is 0 Å². The highest BCUT2D eigenvalue weighted by Crippen LogP contribution is 2.26. The quantitative estimate of drug-likeness (QED) is 0.826. The summed E-state index contributed by atoms with van der Waals surface area (Å²) in [5, 5.41) is 3.17. The summed E-state index contributed by atoms with van der Waals surface area (Å²) in [6.45, 7) is 1.74. The number of halogens is 1. The van der Waals surface area contributed by atoms with Crippen molar-refractivity contribution >= 4 is 18.3 Å². The smallest absolute Gasteiger partial charge is 0.223 e. The molecule has 1 N–H and O–H groups in total. The molecular weight excluding hydrogens is 316 g/mol. The Bertz CT molecular complexity index is 511. The molecule has 1 amide bonds. The van der Waals surface area contributed by atoms with Crippen LogP contribution < -0.4 is 14.8 Å². The van der Waals surface area contributed by atoms with Gasteiger partial charge >= 0.3 is 0 Å². The van der Waals surface area contributed by atoms with Gasteiger partial charge in [-0.3, -0.25) is 4.79 Å². The molecule has 1 heterocycles. The maximum Gasteiger partial charge on any atom is 0.223 e. The number of ether oxygens (including phenoxy) is 2. The van der Waals surface area contributed by atoms with Crippen LogP contribution in [0, 0.1) is 0 Å². The first-order valence-electron chi connectivity index (χ1n) is 7.84. The monoisotopic (exact) mass is 342 g/mol. The molecule has 0 bridgehead atoms. The number of nitrogens with zero attached hydrogens (tertiary/aromatic N) is 1. The maximum absolute atomic E-state index is 12.5. The van der Waals surface area contributed by atoms with Crippen LogP contribution in [0.2, 0.25) is 0 Å². The van der Waals surface area contributed by atoms with Crippen LogP contribution in [0.3, 0.4) is 0 Å². The summed E-state index contributed by atoms with van der Waals surface area (Å²) in [4.78, 5) is 14.5. The molecule has 1 aromatic carbocycles. The van der Waals surface area contributed by atoms with Crippen molar-refractivity contribution in [3.05, 3.63) is 23.8 Å². The van der Waals surface area contributed by atoms with Crippen molar-refractivity contribution < 1.29 is 14.3 Å². The minimum absolute atomic E-state index is 0. The molecule has 1 fully saturated rings. The molecule has 23 heavy (non-hydrogen) atoms. The lowest BCUT2D eigenvalue weighted by Gasteiger charge is -2.24. The van der Waals surface area contributed by atoms with Crippen molar-refractivity contribution in [1.29, 1.82) is 0 Å². The minimum atomic E-state index is 0. The van der Waals surface area contributed by atoms with Gasteiger partial charge in [-0.05, 0) is 50.1 Å². The summed E-state index contributed by atoms with van der Waals surface area (Å²) < 4.78 is 10.6. The van der Waals surface area contributed by atoms with E-state index in [1.54, 1.807) is 14.2 Å². The van der Waals surface area contributed by atoms with E-state index in [0.29, 0.717) is 18.9 Å². The number of benzene rings is 1. The van der Waals surface area contributed by atoms with Gasteiger partial charge in [0.15, 0.2) is 0 Å². The number of likely N-dealkylation sites (N-methyl/N-ethyl adjacent to an activating group) is 1. The molecule has 5 nitrogen and oxygen atoms in total. The van der Waals surface area contributed by atoms with E-state index in [9.17, 15) is 4.79 Å². The zero-order valence-corrected chi connectivity index (χ0v) is 14.9. The number of methoxy groups -OCH3 is 2. The summed E-state index contributed by atoms with van der Waals surface area (Å²) in [7, 11) is 5.22. The number of hydrogen-bond acceptors (Lipinski definition) is 4. The van der Waals surface area contributed by atoms with Gasteiger partial charge in [0.2, 0.25) is 5.91 Å². The SMILES string of the molecule is CNCC1CCCN1C(=O)CCc1cc(OC)ccc1OC.Cl. The molecule has 130 valence electrons. The van der Waals surface area contributed by atoms with E-state index in [1.165, 1.54) is 0 Å². The van der Waals surface area contributed by atoms with Gasteiger partial charge in [0.1, 0.15) is 11.5 Å². The summed E-state index contributed by atoms with van der Waals surface area (Å²) >= 11 is 0. The molecule has 0 spiro atoms. The third-order valence-corrected chi connectivity index (χ3v) is 4.23. The summed E-state index contributed by atoms with van der Waals surface area (Å²) in [5.41, 5.74) is 1.01. The second-order valence-corrected chi connectivity index (χ2v) is 5.62. The summed E-state index contributed by atoms with van der Waals surface area (Å²) in [5.74, 6) is 1.82. The molecule has 2 rings (SSSR count). The number of nitrogens with one attached hydrogen (secondary N) is 1. The first-order chi connectivity index (χ1) is 10.7. The number of aryl methyl sites for hydroxylation is 1. The Labute approximate surface area is 144 Å². The van der Waals surface area contributed by atoms with E-state index in [2.05, 4.69) is 5.32 Å². The van der Waals surface area contributed by atoms with Crippen molar-refractivity contribution in [2.24, 2.45) is 0 Å². The third-order valence-electron chi connectivity index (χ3n) is 4.23. The highest BCUT2D eigenvalue weighted by Gasteiger charge is 2.27. The number of rotatable bonds is 7. The average molecular weight is 343 g/mol. The number of hydrogen-bond donors (Lipinski definition) is 1. The normalized spacial score (nSPS) is 16.8. The van der Waals surface area contributed by atoms with Gasteiger partial charge in [-0.2, -0.15) is 0 Å². The predicted molar refractivity (Wildman–Crippen MR) is 93.8 cm³/mol. The van der Waals surface area contributed by atoms with Gasteiger partial charge in [-0.25, -0.2) is 0 Å². The van der Waals surface area contributed by atoms with Gasteiger partial charge < -0.3 is 19.7 Å². The zero-order chi connectivity index (χ0) is 15.9. The highest BCUT2D eigenvalue weighted by molar-refractivity contribution is 5.85. The Balaban J connectivity index is 0.00000264. The first kappa shape index (κ1) is 19.6. The Kier molecular flexibility index (Phi) is 8.20. The molecule has 0 radical (unpaired) electrons. The Hall–Kier alpha value is -1.46. The Morgan fingerprint density at radius 3 is 2.78 bits per heavy atom. The molecule has 6 heteroatoms. The topological polar surface area (TPSA) is 50.8 Å². The highest BCUT2D eigenvalue weighted by atomic mass is 35.5. The van der Waals surface area contributed by atoms with Gasteiger partial charge in [0.05, 0.1) is 14.2 Å². The van der Waals surface area contributed by atoms with Gasteiger partial charge in [0.25, 0.3) is 0 Å². The van der Waals surface area contributed by atoms with Crippen molar-refractivity contribution in [3.63, 3.8) is 0 Å². The number of amides is 1. The van der Waals surface area contributed by atoms with E-state index in [-0.39, 0.29) is 18.3 Å². The molecule has 0 aliphatic carbocycles. The van der Waals surface area contributed by atoms with Crippen LogP contribution >= 0.6 is 12.4 Å². The molecule has 1 aliphatic rings. The van der Waals surface area contributed by atoms with Gasteiger partial charge in [-0.15, -0.1) is 12.4 Å². The third kappa shape index (κ3) is 5.01. The minimum Gasteiger partial charge on any atom is -0.497 e. The summed E-state index contributed by atoms with van der Waals surface area (Å²) in [6, 6.07) is 6.04. The van der Waals surface area contributed by atoms with E-state index < -0.39 is 0 Å². The average Bonchev–Trinajstić information content (AvgIpc) is 3.01. The van der Waals surface area contributed by atoms with Gasteiger partial charge in [0, 0.05) is 25.6 Å². The van der Waals surface area contributed by atoms with E-state index >= 15 is 0 Å². The molecule has 1 aliphatic heterocycles. The van der Waals surface area contributed by atoms with Crippen LogP contribution in [0.25, 0.3) is 0 Å². The van der Waals surface area contributed by atoms with Crippen molar-refractivity contribution in [3.8, 4) is 11.5 Å².